The van der Waals surface area contributed by atoms with Crippen molar-refractivity contribution in [2.24, 2.45) is 17.6 Å². The molecule has 1 aromatic carbocycles. The van der Waals surface area contributed by atoms with E-state index >= 15 is 0 Å². The fraction of sp³-hybridized carbons (Fsp3) is 0.600. The van der Waals surface area contributed by atoms with Crippen LogP contribution in [0.1, 0.15) is 32.4 Å². The Labute approximate surface area is 119 Å². The molecule has 0 aliphatic carbocycles. The van der Waals surface area contributed by atoms with Gasteiger partial charge in [-0.1, -0.05) is 26.0 Å². The van der Waals surface area contributed by atoms with Gasteiger partial charge in [0.25, 0.3) is 0 Å². The van der Waals surface area contributed by atoms with Crippen molar-refractivity contribution < 1.29 is 13.5 Å². The lowest BCUT2D eigenvalue weighted by atomic mass is 9.95. The van der Waals surface area contributed by atoms with E-state index in [0.29, 0.717) is 18.4 Å². The minimum atomic E-state index is -2.80. The first kappa shape index (κ1) is 16.9. The molecule has 0 aliphatic rings. The Balaban J connectivity index is 2.60. The molecular weight excluding hydrogens is 262 g/mol. The quantitative estimate of drug-likeness (QED) is 0.771. The van der Waals surface area contributed by atoms with Crippen LogP contribution in [0.4, 0.5) is 8.78 Å². The molecule has 0 bridgehead atoms. The summed E-state index contributed by atoms with van der Waals surface area (Å²) in [5.74, 6) is 1.09. The number of nitrogens with one attached hydrogen (secondary N) is 1. The number of benzene rings is 1. The molecule has 0 saturated heterocycles. The second-order valence-corrected chi connectivity index (χ2v) is 5.32. The van der Waals surface area contributed by atoms with Crippen LogP contribution in [-0.4, -0.2) is 19.7 Å². The first-order valence-corrected chi connectivity index (χ1v) is 6.92. The third-order valence-corrected chi connectivity index (χ3v) is 3.52. The van der Waals surface area contributed by atoms with Crippen molar-refractivity contribution in [3.05, 3.63) is 29.8 Å². The van der Waals surface area contributed by atoms with E-state index < -0.39 is 6.61 Å². The van der Waals surface area contributed by atoms with Gasteiger partial charge >= 0.3 is 6.61 Å². The highest BCUT2D eigenvalue weighted by atomic mass is 19.3. The summed E-state index contributed by atoms with van der Waals surface area (Å²) in [6, 6.07) is 6.83. The van der Waals surface area contributed by atoms with E-state index in [1.165, 1.54) is 6.07 Å². The Hall–Kier alpha value is -1.20. The largest absolute Gasteiger partial charge is 0.435 e. The lowest BCUT2D eigenvalue weighted by Gasteiger charge is -2.22. The molecule has 0 aliphatic heterocycles. The van der Waals surface area contributed by atoms with Gasteiger partial charge in [0.15, 0.2) is 0 Å². The topological polar surface area (TPSA) is 47.3 Å². The molecule has 1 aromatic rings. The Kier molecular flexibility index (Phi) is 6.88. The Morgan fingerprint density at radius 2 is 1.95 bits per heavy atom. The maximum atomic E-state index is 12.2. The smallest absolute Gasteiger partial charge is 0.387 e. The molecule has 0 radical (unpaired) electrons. The van der Waals surface area contributed by atoms with Gasteiger partial charge in [-0.15, -0.1) is 0 Å². The van der Waals surface area contributed by atoms with E-state index in [9.17, 15) is 8.78 Å². The van der Waals surface area contributed by atoms with Crippen LogP contribution in [0.3, 0.4) is 0 Å². The fourth-order valence-electron chi connectivity index (χ4n) is 2.00. The van der Waals surface area contributed by atoms with Crippen LogP contribution in [0.5, 0.6) is 5.75 Å². The summed E-state index contributed by atoms with van der Waals surface area (Å²) in [6.45, 7) is 4.91. The average molecular weight is 286 g/mol. The van der Waals surface area contributed by atoms with E-state index in [2.05, 4.69) is 23.9 Å². The van der Waals surface area contributed by atoms with Crippen molar-refractivity contribution in [3.8, 4) is 5.75 Å². The molecule has 2 unspecified atom stereocenters. The van der Waals surface area contributed by atoms with E-state index in [-0.39, 0.29) is 11.8 Å². The van der Waals surface area contributed by atoms with Crippen molar-refractivity contribution in [1.82, 2.24) is 5.32 Å². The van der Waals surface area contributed by atoms with Gasteiger partial charge in [-0.25, -0.2) is 0 Å². The number of halogens is 2. The molecule has 5 heteroatoms. The SMILES string of the molecule is CC(NCC(CN)C(C)C)c1cccc(OC(F)F)c1. The number of hydrogen-bond donors (Lipinski definition) is 2. The highest BCUT2D eigenvalue weighted by Gasteiger charge is 2.14. The lowest BCUT2D eigenvalue weighted by molar-refractivity contribution is -0.0499. The molecular formula is C15H24F2N2O. The Bertz CT molecular complexity index is 399. The second-order valence-electron chi connectivity index (χ2n) is 5.32. The van der Waals surface area contributed by atoms with Crippen LogP contribution in [0.2, 0.25) is 0 Å². The van der Waals surface area contributed by atoms with Crippen molar-refractivity contribution in [3.63, 3.8) is 0 Å². The van der Waals surface area contributed by atoms with Crippen molar-refractivity contribution in [1.29, 1.82) is 0 Å². The predicted molar refractivity (Wildman–Crippen MR) is 76.9 cm³/mol. The van der Waals surface area contributed by atoms with Crippen molar-refractivity contribution in [2.75, 3.05) is 13.1 Å². The summed E-state index contributed by atoms with van der Waals surface area (Å²) in [4.78, 5) is 0. The van der Waals surface area contributed by atoms with Gasteiger partial charge in [0, 0.05) is 6.04 Å². The Morgan fingerprint density at radius 3 is 2.50 bits per heavy atom. The van der Waals surface area contributed by atoms with Gasteiger partial charge in [-0.2, -0.15) is 8.78 Å². The minimum absolute atomic E-state index is 0.0593. The first-order valence-electron chi connectivity index (χ1n) is 6.92. The van der Waals surface area contributed by atoms with E-state index in [4.69, 9.17) is 5.73 Å². The minimum Gasteiger partial charge on any atom is -0.435 e. The van der Waals surface area contributed by atoms with Gasteiger partial charge in [-0.05, 0) is 49.5 Å². The fourth-order valence-corrected chi connectivity index (χ4v) is 2.00. The molecule has 3 N–H and O–H groups in total. The zero-order valence-electron chi connectivity index (χ0n) is 12.3. The van der Waals surface area contributed by atoms with Gasteiger partial charge in [0.1, 0.15) is 5.75 Å². The molecule has 3 nitrogen and oxygen atoms in total. The average Bonchev–Trinajstić information content (AvgIpc) is 2.38. The van der Waals surface area contributed by atoms with E-state index in [1.807, 2.05) is 13.0 Å². The summed E-state index contributed by atoms with van der Waals surface area (Å²) in [6.07, 6.45) is 0. The van der Waals surface area contributed by atoms with Crippen LogP contribution < -0.4 is 15.8 Å². The summed E-state index contributed by atoms with van der Waals surface area (Å²) in [5.41, 5.74) is 6.65. The van der Waals surface area contributed by atoms with Gasteiger partial charge in [0.2, 0.25) is 0 Å². The lowest BCUT2D eigenvalue weighted by Crippen LogP contribution is -2.33. The zero-order chi connectivity index (χ0) is 15.1. The molecule has 114 valence electrons. The van der Waals surface area contributed by atoms with Crippen LogP contribution in [0, 0.1) is 11.8 Å². The van der Waals surface area contributed by atoms with Crippen molar-refractivity contribution in [2.45, 2.75) is 33.4 Å². The normalized spacial score (nSPS) is 14.6. The summed E-state index contributed by atoms with van der Waals surface area (Å²) in [5, 5.41) is 3.39. The molecule has 0 amide bonds. The predicted octanol–water partition coefficient (Wildman–Crippen LogP) is 3.17. The molecule has 1 rings (SSSR count). The molecule has 2 atom stereocenters. The maximum Gasteiger partial charge on any atom is 0.387 e. The molecule has 0 spiro atoms. The highest BCUT2D eigenvalue weighted by molar-refractivity contribution is 5.30. The maximum absolute atomic E-state index is 12.2. The third kappa shape index (κ3) is 5.43. The number of rotatable bonds is 8. The summed E-state index contributed by atoms with van der Waals surface area (Å²) < 4.78 is 28.8. The van der Waals surface area contributed by atoms with Crippen LogP contribution in [-0.2, 0) is 0 Å². The number of alkyl halides is 2. The third-order valence-electron chi connectivity index (χ3n) is 3.52. The standard InChI is InChI=1S/C15H24F2N2O/c1-10(2)13(8-18)9-19-11(3)12-5-4-6-14(7-12)20-15(16)17/h4-7,10-11,13,15,19H,8-9,18H2,1-3H3. The summed E-state index contributed by atoms with van der Waals surface area (Å²) in [7, 11) is 0. The van der Waals surface area contributed by atoms with Gasteiger partial charge in [-0.3, -0.25) is 0 Å². The molecule has 0 heterocycles. The molecule has 0 aromatic heterocycles. The monoisotopic (exact) mass is 286 g/mol. The number of nitrogens with two attached hydrogens (primary N) is 1. The molecule has 20 heavy (non-hydrogen) atoms. The van der Waals surface area contributed by atoms with Crippen LogP contribution >= 0.6 is 0 Å². The number of hydrogen-bond acceptors (Lipinski definition) is 3. The van der Waals surface area contributed by atoms with Crippen LogP contribution in [0.15, 0.2) is 24.3 Å². The van der Waals surface area contributed by atoms with E-state index in [1.54, 1.807) is 12.1 Å². The van der Waals surface area contributed by atoms with Gasteiger partial charge in [0.05, 0.1) is 0 Å². The Morgan fingerprint density at radius 1 is 1.25 bits per heavy atom. The van der Waals surface area contributed by atoms with Crippen molar-refractivity contribution >= 4 is 0 Å². The first-order chi connectivity index (χ1) is 9.43. The van der Waals surface area contributed by atoms with Crippen LogP contribution in [0.25, 0.3) is 0 Å². The molecule has 0 fully saturated rings. The highest BCUT2D eigenvalue weighted by Crippen LogP contribution is 2.21. The van der Waals surface area contributed by atoms with Gasteiger partial charge < -0.3 is 15.8 Å². The second kappa shape index (κ2) is 8.17. The van der Waals surface area contributed by atoms with E-state index in [0.717, 1.165) is 12.1 Å². The molecule has 0 saturated carbocycles. The summed E-state index contributed by atoms with van der Waals surface area (Å²) >= 11 is 0. The zero-order valence-corrected chi connectivity index (χ0v) is 12.3. The number of ether oxygens (including phenoxy) is 1.